The van der Waals surface area contributed by atoms with Crippen molar-refractivity contribution in [2.75, 3.05) is 53.0 Å². The normalized spacial score (nSPS) is 20.9. The number of hydrogen-bond donors (Lipinski definition) is 0. The van der Waals surface area contributed by atoms with Crippen molar-refractivity contribution < 1.29 is 9.53 Å². The summed E-state index contributed by atoms with van der Waals surface area (Å²) in [6.45, 7) is 6.61. The van der Waals surface area contributed by atoms with Crippen molar-refractivity contribution in [2.24, 2.45) is 0 Å². The van der Waals surface area contributed by atoms with E-state index in [1.165, 1.54) is 6.42 Å². The van der Waals surface area contributed by atoms with Crippen LogP contribution in [-0.2, 0) is 16.0 Å². The molecule has 5 nitrogen and oxygen atoms in total. The average Bonchev–Trinajstić information content (AvgIpc) is 3.29. The van der Waals surface area contributed by atoms with Crippen LogP contribution in [0.4, 0.5) is 0 Å². The Labute approximate surface area is 200 Å². The topological polar surface area (TPSA) is 36.0 Å². The molecule has 2 saturated heterocycles. The summed E-state index contributed by atoms with van der Waals surface area (Å²) in [4.78, 5) is 20.2. The van der Waals surface area contributed by atoms with Gasteiger partial charge in [-0.2, -0.15) is 0 Å². The number of ether oxygens (including phenoxy) is 1. The molecule has 32 heavy (non-hydrogen) atoms. The van der Waals surface area contributed by atoms with Crippen LogP contribution in [0.3, 0.4) is 0 Å². The fraction of sp³-hybridized carbons (Fsp3) is 0.480. The molecule has 4 rings (SSSR count). The highest BCUT2D eigenvalue weighted by Gasteiger charge is 2.32. The van der Waals surface area contributed by atoms with E-state index in [9.17, 15) is 4.79 Å². The Morgan fingerprint density at radius 2 is 1.84 bits per heavy atom. The van der Waals surface area contributed by atoms with Crippen LogP contribution in [0.25, 0.3) is 0 Å². The Kier molecular flexibility index (Phi) is 8.08. The van der Waals surface area contributed by atoms with Crippen molar-refractivity contribution in [2.45, 2.75) is 24.9 Å². The van der Waals surface area contributed by atoms with Gasteiger partial charge in [0.15, 0.2) is 0 Å². The number of rotatable bonds is 7. The number of halogens is 2. The lowest BCUT2D eigenvalue weighted by atomic mass is 10.0. The van der Waals surface area contributed by atoms with Gasteiger partial charge in [-0.3, -0.25) is 14.6 Å². The van der Waals surface area contributed by atoms with Crippen LogP contribution < -0.4 is 0 Å². The molecule has 0 radical (unpaired) electrons. The molecule has 2 atom stereocenters. The maximum absolute atomic E-state index is 13.2. The lowest BCUT2D eigenvalue weighted by molar-refractivity contribution is -0.131. The summed E-state index contributed by atoms with van der Waals surface area (Å²) in [6.07, 6.45) is 1.47. The third-order valence-electron chi connectivity index (χ3n) is 6.63. The van der Waals surface area contributed by atoms with Gasteiger partial charge in [-0.05, 0) is 36.2 Å². The Morgan fingerprint density at radius 3 is 2.56 bits per heavy atom. The summed E-state index contributed by atoms with van der Waals surface area (Å²) in [5.74, 6) is 0.0705. The molecule has 0 aromatic heterocycles. The zero-order chi connectivity index (χ0) is 22.5. The highest BCUT2D eigenvalue weighted by atomic mass is 35.5. The molecule has 2 heterocycles. The first-order chi connectivity index (χ1) is 15.5. The third-order valence-corrected chi connectivity index (χ3v) is 7.36. The van der Waals surface area contributed by atoms with Crippen molar-refractivity contribution in [3.05, 3.63) is 69.7 Å². The Morgan fingerprint density at radius 1 is 1.09 bits per heavy atom. The van der Waals surface area contributed by atoms with E-state index in [-0.39, 0.29) is 11.9 Å². The van der Waals surface area contributed by atoms with E-state index in [1.54, 1.807) is 12.1 Å². The molecule has 1 unspecified atom stereocenters. The van der Waals surface area contributed by atoms with E-state index in [1.807, 2.05) is 36.2 Å². The first-order valence-electron chi connectivity index (χ1n) is 11.3. The summed E-state index contributed by atoms with van der Waals surface area (Å²) in [7, 11) is 1.91. The first kappa shape index (κ1) is 23.5. The summed E-state index contributed by atoms with van der Waals surface area (Å²) in [5.41, 5.74) is 2.03. The number of carbonyl (C=O) groups is 1. The second kappa shape index (κ2) is 11.0. The number of nitrogens with zero attached hydrogens (tertiary/aromatic N) is 3. The van der Waals surface area contributed by atoms with Gasteiger partial charge < -0.3 is 9.64 Å². The summed E-state index contributed by atoms with van der Waals surface area (Å²) in [5, 5.41) is 0.979. The van der Waals surface area contributed by atoms with Gasteiger partial charge in [0.1, 0.15) is 0 Å². The van der Waals surface area contributed by atoms with Gasteiger partial charge in [-0.25, -0.2) is 0 Å². The zero-order valence-electron chi connectivity index (χ0n) is 18.6. The zero-order valence-corrected chi connectivity index (χ0v) is 20.1. The predicted molar refractivity (Wildman–Crippen MR) is 129 cm³/mol. The summed E-state index contributed by atoms with van der Waals surface area (Å²) < 4.78 is 5.51. The van der Waals surface area contributed by atoms with Gasteiger partial charge in [0.25, 0.3) is 0 Å². The number of morpholine rings is 1. The Bertz CT molecular complexity index is 905. The number of benzene rings is 2. The van der Waals surface area contributed by atoms with E-state index >= 15 is 0 Å². The first-order valence-corrected chi connectivity index (χ1v) is 12.1. The van der Waals surface area contributed by atoms with Crippen molar-refractivity contribution in [3.63, 3.8) is 0 Å². The third kappa shape index (κ3) is 5.83. The fourth-order valence-electron chi connectivity index (χ4n) is 4.71. The van der Waals surface area contributed by atoms with Crippen LogP contribution in [0.5, 0.6) is 0 Å². The van der Waals surface area contributed by atoms with Crippen molar-refractivity contribution in [1.82, 2.24) is 14.7 Å². The minimum atomic E-state index is -0.00471. The quantitative estimate of drug-likeness (QED) is 0.602. The smallest absolute Gasteiger partial charge is 0.227 e. The molecule has 7 heteroatoms. The molecule has 2 aliphatic heterocycles. The fourth-order valence-corrected chi connectivity index (χ4v) is 5.03. The summed E-state index contributed by atoms with van der Waals surface area (Å²) >= 11 is 12.2. The van der Waals surface area contributed by atoms with E-state index in [0.717, 1.165) is 57.1 Å². The molecule has 2 fully saturated rings. The van der Waals surface area contributed by atoms with Gasteiger partial charge in [0, 0.05) is 39.3 Å². The number of hydrogen-bond acceptors (Lipinski definition) is 4. The maximum Gasteiger partial charge on any atom is 0.227 e. The number of likely N-dealkylation sites (tertiary alicyclic amines) is 1. The molecule has 2 aliphatic rings. The van der Waals surface area contributed by atoms with Gasteiger partial charge in [0.05, 0.1) is 35.7 Å². The van der Waals surface area contributed by atoms with Crippen LogP contribution >= 0.6 is 23.2 Å². The van der Waals surface area contributed by atoms with E-state index in [2.05, 4.69) is 21.9 Å². The highest BCUT2D eigenvalue weighted by Crippen LogP contribution is 2.27. The maximum atomic E-state index is 13.2. The van der Waals surface area contributed by atoms with Crippen LogP contribution in [0.2, 0.25) is 10.0 Å². The molecule has 0 N–H and O–H groups in total. The monoisotopic (exact) mass is 475 g/mol. The molecule has 2 aromatic carbocycles. The Balaban J connectivity index is 1.44. The Hall–Kier alpha value is -1.63. The summed E-state index contributed by atoms with van der Waals surface area (Å²) in [6, 6.07) is 16.3. The van der Waals surface area contributed by atoms with Gasteiger partial charge >= 0.3 is 0 Å². The standard InChI is InChI=1S/C25H31Cl2N3O2/c1-28(25(31)16-19-7-8-22(26)23(27)15-19)24(20-5-3-2-4-6-20)18-29-10-9-21(17-29)30-11-13-32-14-12-30/h2-8,15,21,24H,9-14,16-18H2,1H3/t21?,24-/m1/s1. The molecule has 2 aromatic rings. The second-order valence-electron chi connectivity index (χ2n) is 8.71. The van der Waals surface area contributed by atoms with Crippen LogP contribution in [0.1, 0.15) is 23.6 Å². The van der Waals surface area contributed by atoms with Gasteiger partial charge in [-0.15, -0.1) is 0 Å². The average molecular weight is 476 g/mol. The van der Waals surface area contributed by atoms with Crippen LogP contribution in [0.15, 0.2) is 48.5 Å². The largest absolute Gasteiger partial charge is 0.379 e. The highest BCUT2D eigenvalue weighted by molar-refractivity contribution is 6.42. The number of likely N-dealkylation sites (N-methyl/N-ethyl adjacent to an activating group) is 1. The number of amides is 1. The molecule has 1 amide bonds. The predicted octanol–water partition coefficient (Wildman–Crippen LogP) is 4.14. The molecule has 0 aliphatic carbocycles. The van der Waals surface area contributed by atoms with Crippen molar-refractivity contribution in [3.8, 4) is 0 Å². The van der Waals surface area contributed by atoms with Crippen molar-refractivity contribution >= 4 is 29.1 Å². The number of carbonyl (C=O) groups excluding carboxylic acids is 1. The molecule has 0 spiro atoms. The minimum absolute atomic E-state index is 0.00471. The van der Waals surface area contributed by atoms with Gasteiger partial charge in [0.2, 0.25) is 5.91 Å². The van der Waals surface area contributed by atoms with Crippen molar-refractivity contribution in [1.29, 1.82) is 0 Å². The van der Waals surface area contributed by atoms with E-state index < -0.39 is 0 Å². The second-order valence-corrected chi connectivity index (χ2v) is 9.52. The van der Waals surface area contributed by atoms with Gasteiger partial charge in [-0.1, -0.05) is 59.6 Å². The van der Waals surface area contributed by atoms with Crippen LogP contribution in [0, 0.1) is 0 Å². The van der Waals surface area contributed by atoms with E-state index in [0.29, 0.717) is 22.5 Å². The minimum Gasteiger partial charge on any atom is -0.379 e. The lowest BCUT2D eigenvalue weighted by Gasteiger charge is -2.34. The molecule has 172 valence electrons. The molecule has 0 bridgehead atoms. The SMILES string of the molecule is CN(C(=O)Cc1ccc(Cl)c(Cl)c1)[C@H](CN1CCC(N2CCOCC2)C1)c1ccccc1. The van der Waals surface area contributed by atoms with Crippen LogP contribution in [-0.4, -0.2) is 79.6 Å². The molecular formula is C25H31Cl2N3O2. The lowest BCUT2D eigenvalue weighted by Crippen LogP contribution is -2.45. The molecular weight excluding hydrogens is 445 g/mol. The van der Waals surface area contributed by atoms with E-state index in [4.69, 9.17) is 27.9 Å². The molecule has 0 saturated carbocycles.